The van der Waals surface area contributed by atoms with Crippen LogP contribution in [0.1, 0.15) is 5.56 Å². The van der Waals surface area contributed by atoms with Gasteiger partial charge in [-0.05, 0) is 24.1 Å². The number of rotatable bonds is 5. The minimum atomic E-state index is -0.641. The van der Waals surface area contributed by atoms with Crippen molar-refractivity contribution in [3.05, 3.63) is 29.8 Å². The molecule has 90 valence electrons. The Kier molecular flexibility index (Phi) is 5.05. The van der Waals surface area contributed by atoms with Gasteiger partial charge in [-0.2, -0.15) is 0 Å². The second kappa shape index (κ2) is 6.56. The van der Waals surface area contributed by atoms with Gasteiger partial charge in [0.1, 0.15) is 18.4 Å². The predicted octanol–water partition coefficient (Wildman–Crippen LogP) is 0.741. The number of nitrogens with two attached hydrogens (primary N) is 1. The molecular weight excluding hydrogens is 218 g/mol. The molecular formula is C13H15NO3. The zero-order chi connectivity index (χ0) is 12.7. The first-order valence-corrected chi connectivity index (χ1v) is 5.16. The second-order valence-electron chi connectivity index (χ2n) is 3.47. The van der Waals surface area contributed by atoms with Gasteiger partial charge in [0.25, 0.3) is 0 Å². The monoisotopic (exact) mass is 233 g/mol. The fraction of sp³-hybridized carbons (Fsp3) is 0.308. The highest BCUT2D eigenvalue weighted by Crippen LogP contribution is 2.13. The van der Waals surface area contributed by atoms with Crippen LogP contribution < -0.4 is 10.5 Å². The Balaban J connectivity index is 2.56. The van der Waals surface area contributed by atoms with E-state index in [0.717, 1.165) is 5.56 Å². The lowest BCUT2D eigenvalue weighted by molar-refractivity contribution is -0.142. The highest BCUT2D eigenvalue weighted by atomic mass is 16.5. The molecule has 0 heterocycles. The minimum Gasteiger partial charge on any atom is -0.481 e. The summed E-state index contributed by atoms with van der Waals surface area (Å²) >= 11 is 0. The third-order valence-corrected chi connectivity index (χ3v) is 2.21. The molecule has 4 heteroatoms. The first kappa shape index (κ1) is 13.1. The molecule has 0 spiro atoms. The van der Waals surface area contributed by atoms with E-state index in [1.54, 1.807) is 12.1 Å². The lowest BCUT2D eigenvalue weighted by Crippen LogP contribution is -2.33. The van der Waals surface area contributed by atoms with Crippen LogP contribution in [0.25, 0.3) is 0 Å². The number of ether oxygens (including phenoxy) is 2. The van der Waals surface area contributed by atoms with Crippen LogP contribution in [0.15, 0.2) is 24.3 Å². The summed E-state index contributed by atoms with van der Waals surface area (Å²) in [4.78, 5) is 11.1. The average molecular weight is 233 g/mol. The number of methoxy groups -OCH3 is 1. The van der Waals surface area contributed by atoms with Crippen molar-refractivity contribution in [3.8, 4) is 18.1 Å². The van der Waals surface area contributed by atoms with Crippen molar-refractivity contribution in [3.63, 3.8) is 0 Å². The maximum atomic E-state index is 11.1. The highest BCUT2D eigenvalue weighted by Gasteiger charge is 2.13. The quantitative estimate of drug-likeness (QED) is 0.602. The molecule has 1 atom stereocenters. The topological polar surface area (TPSA) is 61.5 Å². The summed E-state index contributed by atoms with van der Waals surface area (Å²) in [5, 5.41) is 0. The minimum absolute atomic E-state index is 0.237. The Morgan fingerprint density at radius 3 is 2.65 bits per heavy atom. The molecule has 0 aliphatic heterocycles. The predicted molar refractivity (Wildman–Crippen MR) is 64.5 cm³/mol. The van der Waals surface area contributed by atoms with Crippen molar-refractivity contribution in [1.29, 1.82) is 0 Å². The molecule has 0 fully saturated rings. The second-order valence-corrected chi connectivity index (χ2v) is 3.47. The lowest BCUT2D eigenvalue weighted by Gasteiger charge is -2.09. The normalized spacial score (nSPS) is 11.4. The smallest absolute Gasteiger partial charge is 0.322 e. The number of hydrogen-bond donors (Lipinski definition) is 1. The van der Waals surface area contributed by atoms with E-state index >= 15 is 0 Å². The first-order valence-electron chi connectivity index (χ1n) is 5.16. The number of hydrogen-bond acceptors (Lipinski definition) is 4. The van der Waals surface area contributed by atoms with Crippen molar-refractivity contribution in [2.24, 2.45) is 5.73 Å². The number of esters is 1. The molecule has 4 nitrogen and oxygen atoms in total. The maximum absolute atomic E-state index is 11.1. The van der Waals surface area contributed by atoms with Crippen molar-refractivity contribution in [2.45, 2.75) is 12.5 Å². The van der Waals surface area contributed by atoms with Crippen LogP contribution in [-0.2, 0) is 16.0 Å². The molecule has 2 N–H and O–H groups in total. The molecule has 0 aliphatic rings. The first-order chi connectivity index (χ1) is 8.17. The fourth-order valence-electron chi connectivity index (χ4n) is 1.34. The maximum Gasteiger partial charge on any atom is 0.322 e. The van der Waals surface area contributed by atoms with Gasteiger partial charge in [-0.15, -0.1) is 6.42 Å². The molecule has 1 rings (SSSR count). The summed E-state index contributed by atoms with van der Waals surface area (Å²) in [6, 6.07) is 6.62. The van der Waals surface area contributed by atoms with Crippen LogP contribution in [-0.4, -0.2) is 25.7 Å². The number of benzene rings is 1. The van der Waals surface area contributed by atoms with Gasteiger partial charge in [0.2, 0.25) is 0 Å². The standard InChI is InChI=1S/C13H15NO3/c1-3-8-17-11-6-4-10(5-7-11)9-12(14)13(15)16-2/h1,4-7,12H,8-9,14H2,2H3/t12-/m0/s1. The van der Waals surface area contributed by atoms with E-state index in [1.807, 2.05) is 12.1 Å². The van der Waals surface area contributed by atoms with E-state index in [2.05, 4.69) is 10.7 Å². The van der Waals surface area contributed by atoms with Gasteiger partial charge in [-0.25, -0.2) is 0 Å². The van der Waals surface area contributed by atoms with Crippen LogP contribution in [0.4, 0.5) is 0 Å². The molecule has 0 saturated heterocycles. The third kappa shape index (κ3) is 4.17. The molecule has 0 radical (unpaired) electrons. The van der Waals surface area contributed by atoms with E-state index < -0.39 is 12.0 Å². The Bertz CT molecular complexity index is 406. The SMILES string of the molecule is C#CCOc1ccc(C[C@H](N)C(=O)OC)cc1. The fourth-order valence-corrected chi connectivity index (χ4v) is 1.34. The van der Waals surface area contributed by atoms with Crippen LogP contribution in [0.5, 0.6) is 5.75 Å². The molecule has 17 heavy (non-hydrogen) atoms. The molecule has 0 aromatic heterocycles. The molecule has 0 amide bonds. The summed E-state index contributed by atoms with van der Waals surface area (Å²) in [5.41, 5.74) is 6.59. The van der Waals surface area contributed by atoms with Gasteiger partial charge in [0, 0.05) is 0 Å². The van der Waals surface area contributed by atoms with Crippen molar-refractivity contribution >= 4 is 5.97 Å². The summed E-state index contributed by atoms with van der Waals surface area (Å²) < 4.78 is 9.78. The number of terminal acetylenes is 1. The zero-order valence-corrected chi connectivity index (χ0v) is 9.68. The van der Waals surface area contributed by atoms with Crippen molar-refractivity contribution < 1.29 is 14.3 Å². The van der Waals surface area contributed by atoms with E-state index in [0.29, 0.717) is 12.2 Å². The van der Waals surface area contributed by atoms with E-state index in [9.17, 15) is 4.79 Å². The summed E-state index contributed by atoms with van der Waals surface area (Å²) in [6.45, 7) is 0.237. The van der Waals surface area contributed by atoms with E-state index in [1.165, 1.54) is 7.11 Å². The zero-order valence-electron chi connectivity index (χ0n) is 9.68. The van der Waals surface area contributed by atoms with Crippen LogP contribution in [0, 0.1) is 12.3 Å². The molecule has 0 saturated carbocycles. The van der Waals surface area contributed by atoms with Crippen LogP contribution >= 0.6 is 0 Å². The Hall–Kier alpha value is -1.99. The molecule has 0 unspecified atom stereocenters. The van der Waals surface area contributed by atoms with E-state index in [-0.39, 0.29) is 6.61 Å². The van der Waals surface area contributed by atoms with Gasteiger partial charge >= 0.3 is 5.97 Å². The van der Waals surface area contributed by atoms with Gasteiger partial charge in [0.05, 0.1) is 7.11 Å². The molecule has 1 aromatic rings. The Morgan fingerprint density at radius 2 is 2.12 bits per heavy atom. The van der Waals surface area contributed by atoms with Gasteiger partial charge < -0.3 is 15.2 Å². The molecule has 1 aromatic carbocycles. The van der Waals surface area contributed by atoms with Gasteiger partial charge in [-0.3, -0.25) is 4.79 Å². The summed E-state index contributed by atoms with van der Waals surface area (Å²) in [5.74, 6) is 2.66. The number of carbonyl (C=O) groups excluding carboxylic acids is 1. The van der Waals surface area contributed by atoms with Crippen LogP contribution in [0.2, 0.25) is 0 Å². The van der Waals surface area contributed by atoms with Crippen molar-refractivity contribution in [2.75, 3.05) is 13.7 Å². The molecule has 0 bridgehead atoms. The summed E-state index contributed by atoms with van der Waals surface area (Å²) in [6.07, 6.45) is 5.51. The van der Waals surface area contributed by atoms with Crippen molar-refractivity contribution in [1.82, 2.24) is 0 Å². The summed E-state index contributed by atoms with van der Waals surface area (Å²) in [7, 11) is 1.32. The van der Waals surface area contributed by atoms with Gasteiger partial charge in [-0.1, -0.05) is 18.1 Å². The Labute approximate surface area is 101 Å². The van der Waals surface area contributed by atoms with E-state index in [4.69, 9.17) is 16.9 Å². The Morgan fingerprint density at radius 1 is 1.47 bits per heavy atom. The highest BCUT2D eigenvalue weighted by molar-refractivity contribution is 5.75. The average Bonchev–Trinajstić information content (AvgIpc) is 2.37. The lowest BCUT2D eigenvalue weighted by atomic mass is 10.1. The van der Waals surface area contributed by atoms with Crippen LogP contribution in [0.3, 0.4) is 0 Å². The molecule has 0 aliphatic carbocycles. The third-order valence-electron chi connectivity index (χ3n) is 2.21. The largest absolute Gasteiger partial charge is 0.481 e. The van der Waals surface area contributed by atoms with Gasteiger partial charge in [0.15, 0.2) is 0 Å². The number of carbonyl (C=O) groups is 1.